The van der Waals surface area contributed by atoms with Crippen molar-refractivity contribution in [1.29, 1.82) is 0 Å². The normalized spacial score (nSPS) is 15.2. The molecule has 1 aliphatic rings. The van der Waals surface area contributed by atoms with E-state index in [1.807, 2.05) is 0 Å². The molecule has 0 fully saturated rings. The Morgan fingerprint density at radius 3 is 2.75 bits per heavy atom. The van der Waals surface area contributed by atoms with E-state index in [0.29, 0.717) is 17.0 Å². The summed E-state index contributed by atoms with van der Waals surface area (Å²) < 4.78 is 13.8. The fraction of sp³-hybridized carbons (Fsp3) is 0.294. The standard InChI is InChI=1S/C17H15BrClF/c18-15(10-14-16(19)5-2-6-17(14)20)13-8-7-11-3-1-4-12(11)9-13/h2,5-9,15H,1,3-4,10H2. The van der Waals surface area contributed by atoms with Gasteiger partial charge in [-0.2, -0.15) is 0 Å². The van der Waals surface area contributed by atoms with Gasteiger partial charge < -0.3 is 0 Å². The summed E-state index contributed by atoms with van der Waals surface area (Å²) in [5, 5.41) is 0.496. The van der Waals surface area contributed by atoms with Crippen LogP contribution in [0.25, 0.3) is 0 Å². The van der Waals surface area contributed by atoms with E-state index in [4.69, 9.17) is 11.6 Å². The van der Waals surface area contributed by atoms with Crippen molar-refractivity contribution < 1.29 is 4.39 Å². The lowest BCUT2D eigenvalue weighted by atomic mass is 10.00. The second kappa shape index (κ2) is 5.87. The second-order valence-corrected chi connectivity index (χ2v) is 6.77. The van der Waals surface area contributed by atoms with E-state index in [9.17, 15) is 4.39 Å². The van der Waals surface area contributed by atoms with Crippen molar-refractivity contribution in [2.75, 3.05) is 0 Å². The topological polar surface area (TPSA) is 0 Å². The highest BCUT2D eigenvalue weighted by molar-refractivity contribution is 9.09. The zero-order chi connectivity index (χ0) is 14.1. The van der Waals surface area contributed by atoms with E-state index in [1.165, 1.54) is 35.6 Å². The highest BCUT2D eigenvalue weighted by Gasteiger charge is 2.17. The SMILES string of the molecule is Fc1cccc(Cl)c1CC(Br)c1ccc2c(c1)CCC2. The van der Waals surface area contributed by atoms with Crippen LogP contribution in [0.5, 0.6) is 0 Å². The van der Waals surface area contributed by atoms with Crippen LogP contribution in [0, 0.1) is 5.82 Å². The zero-order valence-corrected chi connectivity index (χ0v) is 13.3. The van der Waals surface area contributed by atoms with Gasteiger partial charge in [0.05, 0.1) is 0 Å². The Labute approximate surface area is 132 Å². The minimum Gasteiger partial charge on any atom is -0.207 e. The molecule has 1 unspecified atom stereocenters. The van der Waals surface area contributed by atoms with Crippen molar-refractivity contribution in [2.24, 2.45) is 0 Å². The first kappa shape index (κ1) is 14.1. The number of benzene rings is 2. The molecule has 20 heavy (non-hydrogen) atoms. The van der Waals surface area contributed by atoms with Crippen LogP contribution in [0.15, 0.2) is 36.4 Å². The summed E-state index contributed by atoms with van der Waals surface area (Å²) in [5.74, 6) is -0.233. The minimum absolute atomic E-state index is 0.0859. The van der Waals surface area contributed by atoms with Crippen molar-refractivity contribution in [2.45, 2.75) is 30.5 Å². The van der Waals surface area contributed by atoms with Crippen LogP contribution < -0.4 is 0 Å². The Bertz CT molecular complexity index is 619. The van der Waals surface area contributed by atoms with Gasteiger partial charge in [0.2, 0.25) is 0 Å². The van der Waals surface area contributed by atoms with E-state index in [2.05, 4.69) is 34.1 Å². The fourth-order valence-corrected chi connectivity index (χ4v) is 3.66. The van der Waals surface area contributed by atoms with E-state index < -0.39 is 0 Å². The molecule has 0 saturated heterocycles. The summed E-state index contributed by atoms with van der Waals surface area (Å²) in [6.45, 7) is 0. The van der Waals surface area contributed by atoms with Gasteiger partial charge in [-0.3, -0.25) is 0 Å². The summed E-state index contributed by atoms with van der Waals surface area (Å²) >= 11 is 9.77. The first-order valence-corrected chi connectivity index (χ1v) is 8.13. The van der Waals surface area contributed by atoms with Gasteiger partial charge in [-0.05, 0) is 54.5 Å². The van der Waals surface area contributed by atoms with Gasteiger partial charge >= 0.3 is 0 Å². The van der Waals surface area contributed by atoms with Gasteiger partial charge in [0.15, 0.2) is 0 Å². The van der Waals surface area contributed by atoms with E-state index in [-0.39, 0.29) is 10.6 Å². The molecule has 0 spiro atoms. The molecule has 3 heteroatoms. The number of aryl methyl sites for hydroxylation is 2. The lowest BCUT2D eigenvalue weighted by molar-refractivity contribution is 0.608. The van der Waals surface area contributed by atoms with Crippen molar-refractivity contribution in [3.05, 3.63) is 69.5 Å². The Hall–Kier alpha value is -0.860. The minimum atomic E-state index is -0.233. The van der Waals surface area contributed by atoms with Crippen molar-refractivity contribution in [3.63, 3.8) is 0 Å². The van der Waals surface area contributed by atoms with E-state index in [0.717, 1.165) is 6.42 Å². The van der Waals surface area contributed by atoms with Crippen molar-refractivity contribution >= 4 is 27.5 Å². The molecule has 0 amide bonds. The summed E-state index contributed by atoms with van der Waals surface area (Å²) in [6, 6.07) is 11.4. The molecule has 104 valence electrons. The molecule has 0 radical (unpaired) electrons. The van der Waals surface area contributed by atoms with E-state index >= 15 is 0 Å². The molecule has 0 aliphatic heterocycles. The summed E-state index contributed by atoms with van der Waals surface area (Å²) in [5.41, 5.74) is 4.67. The van der Waals surface area contributed by atoms with Crippen LogP contribution in [-0.4, -0.2) is 0 Å². The molecule has 1 atom stereocenters. The first-order chi connectivity index (χ1) is 9.65. The van der Waals surface area contributed by atoms with Crippen LogP contribution in [0.1, 0.15) is 33.5 Å². The number of fused-ring (bicyclic) bond motifs is 1. The van der Waals surface area contributed by atoms with Gasteiger partial charge in [-0.25, -0.2) is 4.39 Å². The zero-order valence-electron chi connectivity index (χ0n) is 11.0. The second-order valence-electron chi connectivity index (χ2n) is 5.25. The van der Waals surface area contributed by atoms with Crippen LogP contribution >= 0.6 is 27.5 Å². The maximum Gasteiger partial charge on any atom is 0.127 e. The van der Waals surface area contributed by atoms with Crippen LogP contribution in [0.2, 0.25) is 5.02 Å². The third-order valence-corrected chi connectivity index (χ3v) is 5.14. The largest absolute Gasteiger partial charge is 0.207 e. The quantitative estimate of drug-likeness (QED) is 0.626. The maximum atomic E-state index is 13.8. The lowest BCUT2D eigenvalue weighted by Crippen LogP contribution is -2.00. The molecule has 0 bridgehead atoms. The summed E-state index contributed by atoms with van der Waals surface area (Å²) in [4.78, 5) is 0.0859. The van der Waals surface area contributed by atoms with Crippen LogP contribution in [0.4, 0.5) is 4.39 Å². The van der Waals surface area contributed by atoms with Crippen LogP contribution in [-0.2, 0) is 19.3 Å². The third-order valence-electron chi connectivity index (χ3n) is 3.93. The molecule has 1 aliphatic carbocycles. The van der Waals surface area contributed by atoms with Gasteiger partial charge in [0.1, 0.15) is 5.82 Å². The first-order valence-electron chi connectivity index (χ1n) is 6.84. The fourth-order valence-electron chi connectivity index (χ4n) is 2.81. The van der Waals surface area contributed by atoms with Crippen molar-refractivity contribution in [3.8, 4) is 0 Å². The molecule has 0 saturated carbocycles. The molecule has 0 N–H and O–H groups in total. The molecule has 0 aromatic heterocycles. The molecule has 3 rings (SSSR count). The number of rotatable bonds is 3. The maximum absolute atomic E-state index is 13.8. The average molecular weight is 354 g/mol. The van der Waals surface area contributed by atoms with Gasteiger partial charge in [0, 0.05) is 15.4 Å². The summed E-state index contributed by atoms with van der Waals surface area (Å²) in [6.07, 6.45) is 4.14. The van der Waals surface area contributed by atoms with Gasteiger partial charge in [-0.15, -0.1) is 0 Å². The number of hydrogen-bond acceptors (Lipinski definition) is 0. The number of halogens is 3. The predicted molar refractivity (Wildman–Crippen MR) is 85.2 cm³/mol. The lowest BCUT2D eigenvalue weighted by Gasteiger charge is -2.13. The number of alkyl halides is 1. The third kappa shape index (κ3) is 2.77. The van der Waals surface area contributed by atoms with E-state index in [1.54, 1.807) is 12.1 Å². The highest BCUT2D eigenvalue weighted by atomic mass is 79.9. The number of hydrogen-bond donors (Lipinski definition) is 0. The van der Waals surface area contributed by atoms with Crippen molar-refractivity contribution in [1.82, 2.24) is 0 Å². The molecule has 0 nitrogen and oxygen atoms in total. The Morgan fingerprint density at radius 2 is 1.95 bits per heavy atom. The van der Waals surface area contributed by atoms with Gasteiger partial charge in [0.25, 0.3) is 0 Å². The average Bonchev–Trinajstić information content (AvgIpc) is 2.90. The highest BCUT2D eigenvalue weighted by Crippen LogP contribution is 2.33. The molecule has 0 heterocycles. The Balaban J connectivity index is 1.84. The smallest absolute Gasteiger partial charge is 0.127 e. The Kier molecular flexibility index (Phi) is 4.13. The molecular formula is C17H15BrClF. The van der Waals surface area contributed by atoms with Crippen LogP contribution in [0.3, 0.4) is 0 Å². The van der Waals surface area contributed by atoms with Gasteiger partial charge in [-0.1, -0.05) is 51.8 Å². The molecule has 2 aromatic carbocycles. The summed E-state index contributed by atoms with van der Waals surface area (Å²) in [7, 11) is 0. The predicted octanol–water partition coefficient (Wildman–Crippen LogP) is 5.65. The monoisotopic (exact) mass is 352 g/mol. The molecule has 2 aromatic rings. The molecular weight excluding hydrogens is 339 g/mol. The Morgan fingerprint density at radius 1 is 1.15 bits per heavy atom.